The highest BCUT2D eigenvalue weighted by molar-refractivity contribution is 7.87. The van der Waals surface area contributed by atoms with Crippen LogP contribution in [0.1, 0.15) is 23.1 Å². The Morgan fingerprint density at radius 2 is 1.68 bits per heavy atom. The summed E-state index contributed by atoms with van der Waals surface area (Å²) < 4.78 is 68.7. The zero-order valence-corrected chi connectivity index (χ0v) is 20.6. The highest BCUT2D eigenvalue weighted by Crippen LogP contribution is 2.30. The third kappa shape index (κ3) is 6.38. The van der Waals surface area contributed by atoms with E-state index in [0.717, 1.165) is 23.9 Å². The smallest absolute Gasteiger partial charge is 0.378 e. The van der Waals surface area contributed by atoms with Gasteiger partial charge in [0.2, 0.25) is 5.91 Å². The van der Waals surface area contributed by atoms with Crippen LogP contribution in [-0.4, -0.2) is 37.9 Å². The van der Waals surface area contributed by atoms with Crippen LogP contribution in [0.3, 0.4) is 0 Å². The minimum absolute atomic E-state index is 0.156. The molecule has 1 N–H and O–H groups in total. The van der Waals surface area contributed by atoms with E-state index >= 15 is 0 Å². The molecule has 0 saturated carbocycles. The molecule has 1 fully saturated rings. The topological polar surface area (TPSA) is 105 Å². The lowest BCUT2D eigenvalue weighted by Gasteiger charge is -2.16. The van der Waals surface area contributed by atoms with E-state index in [1.807, 2.05) is 30.3 Å². The van der Waals surface area contributed by atoms with Crippen LogP contribution in [0, 0.1) is 5.92 Å². The van der Waals surface area contributed by atoms with E-state index in [9.17, 15) is 31.2 Å². The number of hydrazone groups is 1. The lowest BCUT2D eigenvalue weighted by atomic mass is 10.1. The number of rotatable bonds is 8. The maximum absolute atomic E-state index is 12.8. The van der Waals surface area contributed by atoms with Gasteiger partial charge in [-0.15, -0.1) is 0 Å². The second-order valence-corrected chi connectivity index (χ2v) is 9.96. The number of carbonyl (C=O) groups excluding carboxylic acids is 2. The molecule has 1 unspecified atom stereocenters. The number of benzene rings is 3. The van der Waals surface area contributed by atoms with Crippen LogP contribution < -0.4 is 9.61 Å². The molecule has 3 aromatic carbocycles. The maximum atomic E-state index is 12.8. The quantitative estimate of drug-likeness (QED) is 0.200. The van der Waals surface area contributed by atoms with E-state index in [-0.39, 0.29) is 17.2 Å². The van der Waals surface area contributed by atoms with Gasteiger partial charge in [-0.05, 0) is 48.4 Å². The first-order chi connectivity index (χ1) is 18.0. The van der Waals surface area contributed by atoms with Gasteiger partial charge in [0, 0.05) is 18.7 Å². The lowest BCUT2D eigenvalue weighted by Crippen LogP contribution is -2.34. The zero-order chi connectivity index (χ0) is 27.3. The Hall–Kier alpha value is -4.19. The van der Waals surface area contributed by atoms with Crippen LogP contribution in [0.2, 0.25) is 0 Å². The molecule has 1 heterocycles. The molecule has 8 nitrogen and oxygen atoms in total. The molecule has 1 atom stereocenters. The van der Waals surface area contributed by atoms with Crippen molar-refractivity contribution >= 4 is 28.1 Å². The summed E-state index contributed by atoms with van der Waals surface area (Å²) in [5, 5.41) is 3.84. The van der Waals surface area contributed by atoms with E-state index in [0.29, 0.717) is 31.6 Å². The monoisotopic (exact) mass is 545 g/mol. The van der Waals surface area contributed by atoms with Crippen LogP contribution in [0.4, 0.5) is 13.2 Å². The van der Waals surface area contributed by atoms with Gasteiger partial charge < -0.3 is 9.08 Å². The first kappa shape index (κ1) is 26.9. The number of nitrogens with zero attached hydrogens (tertiary/aromatic N) is 2. The van der Waals surface area contributed by atoms with Crippen molar-refractivity contribution in [2.24, 2.45) is 11.0 Å². The predicted octanol–water partition coefficient (Wildman–Crippen LogP) is 3.97. The van der Waals surface area contributed by atoms with Crippen molar-refractivity contribution in [2.45, 2.75) is 24.0 Å². The minimum Gasteiger partial charge on any atom is -0.378 e. The number of alkyl halides is 3. The summed E-state index contributed by atoms with van der Waals surface area (Å²) in [6.45, 7) is 0.818. The van der Waals surface area contributed by atoms with Crippen molar-refractivity contribution in [3.05, 3.63) is 95.6 Å². The third-order valence-electron chi connectivity index (χ3n) is 5.80. The molecule has 198 valence electrons. The molecule has 4 rings (SSSR count). The van der Waals surface area contributed by atoms with Gasteiger partial charge in [-0.3, -0.25) is 9.59 Å². The fraction of sp³-hybridized carbons (Fsp3) is 0.192. The normalized spacial score (nSPS) is 16.1. The number of amides is 2. The molecule has 1 saturated heterocycles. The molecule has 1 aliphatic rings. The molecule has 12 heteroatoms. The Morgan fingerprint density at radius 1 is 1.03 bits per heavy atom. The molecule has 0 aliphatic carbocycles. The Balaban J connectivity index is 1.39. The Labute approximate surface area is 216 Å². The molecule has 38 heavy (non-hydrogen) atoms. The lowest BCUT2D eigenvalue weighted by molar-refractivity contribution is -0.139. The maximum Gasteiger partial charge on any atom is 0.416 e. The first-order valence-electron chi connectivity index (χ1n) is 11.4. The Bertz CT molecular complexity index is 1440. The summed E-state index contributed by atoms with van der Waals surface area (Å²) in [7, 11) is -4.46. The van der Waals surface area contributed by atoms with Gasteiger partial charge >= 0.3 is 16.3 Å². The zero-order valence-electron chi connectivity index (χ0n) is 19.8. The van der Waals surface area contributed by atoms with Gasteiger partial charge in [0.25, 0.3) is 5.91 Å². The number of hydrogen-bond acceptors (Lipinski definition) is 6. The molecule has 2 amide bonds. The largest absolute Gasteiger partial charge is 0.416 e. The summed E-state index contributed by atoms with van der Waals surface area (Å²) in [4.78, 5) is 26.4. The molecule has 0 bridgehead atoms. The molecular weight excluding hydrogens is 523 g/mol. The van der Waals surface area contributed by atoms with Gasteiger partial charge in [-0.25, -0.2) is 5.43 Å². The number of hydrogen-bond donors (Lipinski definition) is 1. The molecular formula is C26H22F3N3O5S. The Kier molecular flexibility index (Phi) is 7.81. The molecule has 0 radical (unpaired) electrons. The number of nitrogens with one attached hydrogen (secondary N) is 1. The summed E-state index contributed by atoms with van der Waals surface area (Å²) in [6.07, 6.45) is -3.13. The van der Waals surface area contributed by atoms with Crippen molar-refractivity contribution in [2.75, 3.05) is 6.54 Å². The summed E-state index contributed by atoms with van der Waals surface area (Å²) in [6, 6.07) is 18.1. The van der Waals surface area contributed by atoms with E-state index < -0.39 is 38.6 Å². The summed E-state index contributed by atoms with van der Waals surface area (Å²) >= 11 is 0. The first-order valence-corrected chi connectivity index (χ1v) is 12.8. The Morgan fingerprint density at radius 3 is 2.37 bits per heavy atom. The fourth-order valence-electron chi connectivity index (χ4n) is 3.83. The van der Waals surface area contributed by atoms with Gasteiger partial charge in [-0.2, -0.15) is 26.7 Å². The molecule has 3 aromatic rings. The van der Waals surface area contributed by atoms with Crippen molar-refractivity contribution in [3.8, 4) is 5.75 Å². The third-order valence-corrected chi connectivity index (χ3v) is 7.05. The summed E-state index contributed by atoms with van der Waals surface area (Å²) in [5.74, 6) is -1.97. The number of likely N-dealkylation sites (tertiary alicyclic amines) is 1. The summed E-state index contributed by atoms with van der Waals surface area (Å²) in [5.41, 5.74) is 2.42. The molecule has 1 aliphatic heterocycles. The SMILES string of the molecule is O=C(N/N=C/c1ccccc1OS(=O)(=O)c1ccc(C(F)(F)F)cc1)C1CCN(Cc2ccccc2)C1=O. The van der Waals surface area contributed by atoms with E-state index in [1.165, 1.54) is 18.2 Å². The fourth-order valence-corrected chi connectivity index (χ4v) is 4.78. The second-order valence-electron chi connectivity index (χ2n) is 8.42. The van der Waals surface area contributed by atoms with Gasteiger partial charge in [-0.1, -0.05) is 42.5 Å². The van der Waals surface area contributed by atoms with Gasteiger partial charge in [0.15, 0.2) is 5.75 Å². The van der Waals surface area contributed by atoms with Crippen molar-refractivity contribution in [3.63, 3.8) is 0 Å². The van der Waals surface area contributed by atoms with Crippen LogP contribution in [0.15, 0.2) is 88.9 Å². The van der Waals surface area contributed by atoms with Crippen molar-refractivity contribution in [1.29, 1.82) is 0 Å². The van der Waals surface area contributed by atoms with Gasteiger partial charge in [0.05, 0.1) is 11.8 Å². The van der Waals surface area contributed by atoms with Crippen LogP contribution >= 0.6 is 0 Å². The molecule has 0 spiro atoms. The van der Waals surface area contributed by atoms with Crippen molar-refractivity contribution < 1.29 is 35.4 Å². The average molecular weight is 546 g/mol. The minimum atomic E-state index is -4.61. The molecule has 0 aromatic heterocycles. The predicted molar refractivity (Wildman–Crippen MR) is 131 cm³/mol. The van der Waals surface area contributed by atoms with E-state index in [1.54, 1.807) is 11.0 Å². The van der Waals surface area contributed by atoms with Crippen molar-refractivity contribution in [1.82, 2.24) is 10.3 Å². The number of para-hydroxylation sites is 1. The standard InChI is InChI=1S/C26H22F3N3O5S/c27-26(28,29)20-10-12-21(13-11-20)38(35,36)37-23-9-5-4-8-19(23)16-30-31-24(33)22-14-15-32(25(22)34)17-18-6-2-1-3-7-18/h1-13,16,22H,14-15,17H2,(H,31,33)/b30-16+. The highest BCUT2D eigenvalue weighted by atomic mass is 32.2. The van der Waals surface area contributed by atoms with Crippen LogP contribution in [-0.2, 0) is 32.4 Å². The van der Waals surface area contributed by atoms with E-state index in [4.69, 9.17) is 4.18 Å². The average Bonchev–Trinajstić information content (AvgIpc) is 3.25. The number of carbonyl (C=O) groups is 2. The number of halogens is 3. The van der Waals surface area contributed by atoms with Crippen LogP contribution in [0.25, 0.3) is 0 Å². The second kappa shape index (κ2) is 11.1. The highest BCUT2D eigenvalue weighted by Gasteiger charge is 2.36. The van der Waals surface area contributed by atoms with Gasteiger partial charge in [0.1, 0.15) is 10.8 Å². The van der Waals surface area contributed by atoms with E-state index in [2.05, 4.69) is 10.5 Å². The van der Waals surface area contributed by atoms with Crippen LogP contribution in [0.5, 0.6) is 5.75 Å².